The van der Waals surface area contributed by atoms with Crippen molar-refractivity contribution in [2.45, 2.75) is 19.1 Å². The number of benzene rings is 1. The van der Waals surface area contributed by atoms with E-state index >= 15 is 0 Å². The zero-order valence-electron chi connectivity index (χ0n) is 13.8. The van der Waals surface area contributed by atoms with Gasteiger partial charge in [-0.25, -0.2) is 4.39 Å². The van der Waals surface area contributed by atoms with Gasteiger partial charge in [0.2, 0.25) is 0 Å². The second-order valence-electron chi connectivity index (χ2n) is 5.53. The van der Waals surface area contributed by atoms with Crippen LogP contribution in [0.3, 0.4) is 0 Å². The van der Waals surface area contributed by atoms with Gasteiger partial charge in [-0.15, -0.1) is 0 Å². The lowest BCUT2D eigenvalue weighted by Crippen LogP contribution is -2.48. The van der Waals surface area contributed by atoms with Gasteiger partial charge in [-0.05, 0) is 19.1 Å². The van der Waals surface area contributed by atoms with Crippen molar-refractivity contribution in [3.63, 3.8) is 0 Å². The van der Waals surface area contributed by atoms with Gasteiger partial charge in [-0.2, -0.15) is 0 Å². The first-order valence-electron chi connectivity index (χ1n) is 7.74. The SMILES string of the molecule is CN=C(NC)NCC(c1c(F)cccc1Cl)N1CCOC(C)C1. The minimum absolute atomic E-state index is 0.111. The standard InChI is InChI=1S/C16H24ClFN4O/c1-11-10-22(7-8-23-11)14(9-21-16(19-2)20-3)15-12(17)5-4-6-13(15)18/h4-6,11,14H,7-10H2,1-3H3,(H2,19,20,21). The van der Waals surface area contributed by atoms with Crippen LogP contribution in [0.2, 0.25) is 5.02 Å². The number of halogens is 2. The summed E-state index contributed by atoms with van der Waals surface area (Å²) in [6, 6.07) is 4.61. The molecule has 5 nitrogen and oxygen atoms in total. The maximum absolute atomic E-state index is 14.4. The van der Waals surface area contributed by atoms with Crippen molar-refractivity contribution in [3.05, 3.63) is 34.6 Å². The summed E-state index contributed by atoms with van der Waals surface area (Å²) in [4.78, 5) is 6.30. The third-order valence-electron chi connectivity index (χ3n) is 3.97. The number of rotatable bonds is 4. The molecule has 0 spiro atoms. The van der Waals surface area contributed by atoms with Crippen LogP contribution in [0.5, 0.6) is 0 Å². The summed E-state index contributed by atoms with van der Waals surface area (Å²) in [6.45, 7) is 4.62. The molecular weight excluding hydrogens is 319 g/mol. The lowest BCUT2D eigenvalue weighted by Gasteiger charge is -2.38. The molecule has 1 saturated heterocycles. The highest BCUT2D eigenvalue weighted by Gasteiger charge is 2.29. The van der Waals surface area contributed by atoms with Crippen LogP contribution in [0, 0.1) is 5.82 Å². The topological polar surface area (TPSA) is 48.9 Å². The largest absolute Gasteiger partial charge is 0.376 e. The third-order valence-corrected chi connectivity index (χ3v) is 4.30. The first-order chi connectivity index (χ1) is 11.1. The average molecular weight is 343 g/mol. The fourth-order valence-electron chi connectivity index (χ4n) is 2.84. The van der Waals surface area contributed by atoms with E-state index in [4.69, 9.17) is 16.3 Å². The first-order valence-corrected chi connectivity index (χ1v) is 8.12. The second-order valence-corrected chi connectivity index (χ2v) is 5.94. The van der Waals surface area contributed by atoms with Gasteiger partial charge in [0.15, 0.2) is 5.96 Å². The molecule has 1 aliphatic rings. The summed E-state index contributed by atoms with van der Waals surface area (Å²) < 4.78 is 20.0. The molecule has 2 N–H and O–H groups in total. The van der Waals surface area contributed by atoms with Crippen LogP contribution in [0.15, 0.2) is 23.2 Å². The van der Waals surface area contributed by atoms with Gasteiger partial charge in [-0.1, -0.05) is 17.7 Å². The van der Waals surface area contributed by atoms with Crippen molar-refractivity contribution in [1.82, 2.24) is 15.5 Å². The predicted molar refractivity (Wildman–Crippen MR) is 91.6 cm³/mol. The minimum atomic E-state index is -0.289. The molecule has 23 heavy (non-hydrogen) atoms. The van der Waals surface area contributed by atoms with Gasteiger partial charge >= 0.3 is 0 Å². The maximum atomic E-state index is 14.4. The van der Waals surface area contributed by atoms with E-state index in [-0.39, 0.29) is 18.0 Å². The van der Waals surface area contributed by atoms with Crippen molar-refractivity contribution >= 4 is 17.6 Å². The Balaban J connectivity index is 2.27. The molecule has 0 bridgehead atoms. The minimum Gasteiger partial charge on any atom is -0.376 e. The van der Waals surface area contributed by atoms with E-state index in [1.165, 1.54) is 6.07 Å². The van der Waals surface area contributed by atoms with E-state index in [2.05, 4.69) is 20.5 Å². The number of morpholine rings is 1. The zero-order valence-corrected chi connectivity index (χ0v) is 14.5. The van der Waals surface area contributed by atoms with E-state index in [9.17, 15) is 4.39 Å². The Bertz CT molecular complexity index is 535. The molecule has 1 aliphatic heterocycles. The summed E-state index contributed by atoms with van der Waals surface area (Å²) in [5.74, 6) is 0.367. The number of aliphatic imine (C=N–C) groups is 1. The lowest BCUT2D eigenvalue weighted by molar-refractivity contribution is -0.0343. The molecule has 2 atom stereocenters. The molecule has 0 aliphatic carbocycles. The number of nitrogens with one attached hydrogen (secondary N) is 2. The highest BCUT2D eigenvalue weighted by molar-refractivity contribution is 6.31. The molecule has 2 rings (SSSR count). The van der Waals surface area contributed by atoms with Crippen LogP contribution in [0.4, 0.5) is 4.39 Å². The monoisotopic (exact) mass is 342 g/mol. The molecule has 1 fully saturated rings. The fraction of sp³-hybridized carbons (Fsp3) is 0.562. The summed E-state index contributed by atoms with van der Waals surface area (Å²) in [5.41, 5.74) is 0.516. The Kier molecular flexibility index (Phi) is 6.62. The van der Waals surface area contributed by atoms with Crippen LogP contribution in [-0.4, -0.2) is 57.3 Å². The molecule has 1 aromatic carbocycles. The quantitative estimate of drug-likeness (QED) is 0.649. The lowest BCUT2D eigenvalue weighted by atomic mass is 10.0. The van der Waals surface area contributed by atoms with E-state index < -0.39 is 0 Å². The number of guanidine groups is 1. The van der Waals surface area contributed by atoms with Gasteiger partial charge in [0.1, 0.15) is 5.82 Å². The van der Waals surface area contributed by atoms with E-state index in [1.54, 1.807) is 26.2 Å². The molecule has 0 radical (unpaired) electrons. The Morgan fingerprint density at radius 2 is 2.35 bits per heavy atom. The van der Waals surface area contributed by atoms with Gasteiger partial charge < -0.3 is 15.4 Å². The van der Waals surface area contributed by atoms with E-state index in [1.807, 2.05) is 6.92 Å². The van der Waals surface area contributed by atoms with Gasteiger partial charge in [0.25, 0.3) is 0 Å². The van der Waals surface area contributed by atoms with E-state index in [0.717, 1.165) is 13.1 Å². The van der Waals surface area contributed by atoms with Gasteiger partial charge in [-0.3, -0.25) is 9.89 Å². The number of hydrogen-bond donors (Lipinski definition) is 2. The van der Waals surface area contributed by atoms with Crippen LogP contribution in [0.1, 0.15) is 18.5 Å². The molecule has 1 heterocycles. The summed E-state index contributed by atoms with van der Waals surface area (Å²) >= 11 is 6.29. The molecule has 0 saturated carbocycles. The second kappa shape index (κ2) is 8.47. The van der Waals surface area contributed by atoms with Crippen LogP contribution < -0.4 is 10.6 Å². The molecule has 2 unspecified atom stereocenters. The Labute approximate surface area is 141 Å². The van der Waals surface area contributed by atoms with Gasteiger partial charge in [0.05, 0.1) is 18.8 Å². The van der Waals surface area contributed by atoms with Crippen molar-refractivity contribution in [1.29, 1.82) is 0 Å². The van der Waals surface area contributed by atoms with Crippen molar-refractivity contribution in [3.8, 4) is 0 Å². The van der Waals surface area contributed by atoms with Gasteiger partial charge in [0, 0.05) is 44.3 Å². The maximum Gasteiger partial charge on any atom is 0.190 e. The van der Waals surface area contributed by atoms with Crippen LogP contribution in [-0.2, 0) is 4.74 Å². The van der Waals surface area contributed by atoms with Crippen molar-refractivity contribution in [2.24, 2.45) is 4.99 Å². The molecule has 1 aromatic rings. The Hall–Kier alpha value is -1.37. The normalized spacial score (nSPS) is 21.1. The Morgan fingerprint density at radius 3 is 2.96 bits per heavy atom. The van der Waals surface area contributed by atoms with Crippen LogP contribution in [0.25, 0.3) is 0 Å². The number of ether oxygens (including phenoxy) is 1. The Morgan fingerprint density at radius 1 is 1.57 bits per heavy atom. The number of hydrogen-bond acceptors (Lipinski definition) is 3. The highest BCUT2D eigenvalue weighted by atomic mass is 35.5. The fourth-order valence-corrected chi connectivity index (χ4v) is 3.13. The first kappa shape index (κ1) is 18.0. The van der Waals surface area contributed by atoms with Crippen molar-refractivity contribution < 1.29 is 9.13 Å². The highest BCUT2D eigenvalue weighted by Crippen LogP contribution is 2.30. The average Bonchev–Trinajstić information content (AvgIpc) is 2.53. The van der Waals surface area contributed by atoms with Crippen molar-refractivity contribution in [2.75, 3.05) is 40.3 Å². The summed E-state index contributed by atoms with van der Waals surface area (Å²) in [6.07, 6.45) is 0.111. The molecule has 0 aromatic heterocycles. The zero-order chi connectivity index (χ0) is 16.8. The molecule has 7 heteroatoms. The molecular formula is C16H24ClFN4O. The van der Waals surface area contributed by atoms with Crippen LogP contribution >= 0.6 is 11.6 Å². The number of nitrogens with zero attached hydrogens (tertiary/aromatic N) is 2. The third kappa shape index (κ3) is 4.56. The summed E-state index contributed by atoms with van der Waals surface area (Å²) in [5, 5.41) is 6.62. The van der Waals surface area contributed by atoms with E-state index in [0.29, 0.717) is 29.7 Å². The predicted octanol–water partition coefficient (Wildman–Crippen LogP) is 2.04. The molecule has 128 valence electrons. The molecule has 0 amide bonds. The summed E-state index contributed by atoms with van der Waals surface area (Å²) in [7, 11) is 3.48. The smallest absolute Gasteiger partial charge is 0.190 e.